The van der Waals surface area contributed by atoms with Gasteiger partial charge in [0.2, 0.25) is 0 Å². The largest absolute Gasteiger partial charge is 0.462 e. The second-order valence-corrected chi connectivity index (χ2v) is 5.76. The Morgan fingerprint density at radius 2 is 2.19 bits per heavy atom. The molecule has 0 saturated heterocycles. The molecule has 1 fully saturated rings. The van der Waals surface area contributed by atoms with Crippen molar-refractivity contribution in [2.75, 3.05) is 18.2 Å². The van der Waals surface area contributed by atoms with Gasteiger partial charge in [-0.2, -0.15) is 0 Å². The molecule has 0 atom stereocenters. The smallest absolute Gasteiger partial charge is 0.343 e. The average molecular weight is 311 g/mol. The van der Waals surface area contributed by atoms with E-state index in [0.717, 1.165) is 25.7 Å². The summed E-state index contributed by atoms with van der Waals surface area (Å²) < 4.78 is 5.04. The van der Waals surface area contributed by atoms with E-state index in [1.807, 2.05) is 6.26 Å². The monoisotopic (exact) mass is 311 g/mol. The molecule has 1 saturated carbocycles. The minimum atomic E-state index is -0.413. The number of aromatic nitrogens is 2. The number of aliphatic hydroxyl groups is 1. The number of rotatable bonds is 5. The maximum absolute atomic E-state index is 12.0. The van der Waals surface area contributed by atoms with Gasteiger partial charge in [0.15, 0.2) is 5.16 Å². The van der Waals surface area contributed by atoms with Crippen molar-refractivity contribution < 1.29 is 14.6 Å². The molecule has 7 heteroatoms. The Kier molecular flexibility index (Phi) is 5.81. The van der Waals surface area contributed by atoms with Crippen molar-refractivity contribution >= 4 is 23.5 Å². The molecule has 0 amide bonds. The third-order valence-corrected chi connectivity index (χ3v) is 4.04. The lowest BCUT2D eigenvalue weighted by molar-refractivity contribution is 0.0526. The standard InChI is InChI=1S/C14H21N3O3S/c1-3-20-13(19)11-8-15-14(21-2)17-12(11)16-9-4-6-10(18)7-5-9/h8-10,18H,3-7H2,1-2H3,(H,15,16,17). The highest BCUT2D eigenvalue weighted by Gasteiger charge is 2.22. The summed E-state index contributed by atoms with van der Waals surface area (Å²) in [4.78, 5) is 20.5. The van der Waals surface area contributed by atoms with Crippen LogP contribution >= 0.6 is 11.8 Å². The molecular formula is C14H21N3O3S. The molecule has 0 spiro atoms. The predicted molar refractivity (Wildman–Crippen MR) is 81.7 cm³/mol. The summed E-state index contributed by atoms with van der Waals surface area (Å²) in [5.41, 5.74) is 0.362. The molecule has 1 aromatic heterocycles. The number of hydrogen-bond donors (Lipinski definition) is 2. The van der Waals surface area contributed by atoms with Gasteiger partial charge in [-0.15, -0.1) is 0 Å². The van der Waals surface area contributed by atoms with E-state index in [0.29, 0.717) is 23.1 Å². The highest BCUT2D eigenvalue weighted by molar-refractivity contribution is 7.98. The van der Waals surface area contributed by atoms with Crippen molar-refractivity contribution in [1.29, 1.82) is 0 Å². The van der Waals surface area contributed by atoms with Crippen LogP contribution in [0.25, 0.3) is 0 Å². The van der Waals surface area contributed by atoms with Crippen LogP contribution in [-0.2, 0) is 4.74 Å². The molecule has 21 heavy (non-hydrogen) atoms. The Balaban J connectivity index is 2.16. The number of thioether (sulfide) groups is 1. The van der Waals surface area contributed by atoms with Crippen molar-refractivity contribution in [3.05, 3.63) is 11.8 Å². The van der Waals surface area contributed by atoms with Crippen LogP contribution in [0.3, 0.4) is 0 Å². The summed E-state index contributed by atoms with van der Waals surface area (Å²) in [7, 11) is 0. The fourth-order valence-corrected chi connectivity index (χ4v) is 2.69. The van der Waals surface area contributed by atoms with Crippen LogP contribution in [0.15, 0.2) is 11.4 Å². The Morgan fingerprint density at radius 3 is 2.81 bits per heavy atom. The van der Waals surface area contributed by atoms with Gasteiger partial charge in [0, 0.05) is 12.2 Å². The highest BCUT2D eigenvalue weighted by atomic mass is 32.2. The summed E-state index contributed by atoms with van der Waals surface area (Å²) in [6.07, 6.45) is 6.46. The lowest BCUT2D eigenvalue weighted by atomic mass is 9.93. The van der Waals surface area contributed by atoms with Crippen LogP contribution in [0.1, 0.15) is 43.0 Å². The SMILES string of the molecule is CCOC(=O)c1cnc(SC)nc1NC1CCC(O)CC1. The summed E-state index contributed by atoms with van der Waals surface area (Å²) >= 11 is 1.42. The quantitative estimate of drug-likeness (QED) is 0.489. The Morgan fingerprint density at radius 1 is 1.48 bits per heavy atom. The molecule has 0 unspecified atom stereocenters. The first kappa shape index (κ1) is 16.0. The van der Waals surface area contributed by atoms with Crippen LogP contribution in [0, 0.1) is 0 Å². The number of carbonyl (C=O) groups is 1. The van der Waals surface area contributed by atoms with Crippen LogP contribution in [0.2, 0.25) is 0 Å². The number of esters is 1. The van der Waals surface area contributed by atoms with Crippen molar-refractivity contribution in [3.63, 3.8) is 0 Å². The number of aliphatic hydroxyl groups excluding tert-OH is 1. The zero-order valence-corrected chi connectivity index (χ0v) is 13.2. The molecule has 0 aromatic carbocycles. The maximum atomic E-state index is 12.0. The molecule has 1 heterocycles. The number of nitrogens with zero attached hydrogens (tertiary/aromatic N) is 2. The molecular weight excluding hydrogens is 290 g/mol. The summed E-state index contributed by atoms with van der Waals surface area (Å²) in [5, 5.41) is 13.5. The van der Waals surface area contributed by atoms with Gasteiger partial charge in [-0.05, 0) is 38.9 Å². The maximum Gasteiger partial charge on any atom is 0.343 e. The fraction of sp³-hybridized carbons (Fsp3) is 0.643. The molecule has 0 radical (unpaired) electrons. The second kappa shape index (κ2) is 7.61. The lowest BCUT2D eigenvalue weighted by Gasteiger charge is -2.27. The normalized spacial score (nSPS) is 21.9. The molecule has 6 nitrogen and oxygen atoms in total. The third kappa shape index (κ3) is 4.31. The van der Waals surface area contributed by atoms with Gasteiger partial charge in [-0.25, -0.2) is 14.8 Å². The van der Waals surface area contributed by atoms with Crippen LogP contribution in [0.5, 0.6) is 0 Å². The van der Waals surface area contributed by atoms with E-state index in [2.05, 4.69) is 15.3 Å². The van der Waals surface area contributed by atoms with Gasteiger partial charge in [0.1, 0.15) is 11.4 Å². The second-order valence-electron chi connectivity index (χ2n) is 4.99. The van der Waals surface area contributed by atoms with E-state index in [1.165, 1.54) is 18.0 Å². The first-order valence-corrected chi connectivity index (χ1v) is 8.39. The van der Waals surface area contributed by atoms with Crippen LogP contribution < -0.4 is 5.32 Å². The molecule has 0 bridgehead atoms. The zero-order valence-electron chi connectivity index (χ0n) is 12.3. The number of nitrogens with one attached hydrogen (secondary N) is 1. The van der Waals surface area contributed by atoms with Gasteiger partial charge < -0.3 is 15.2 Å². The van der Waals surface area contributed by atoms with Gasteiger partial charge >= 0.3 is 5.97 Å². The molecule has 0 aliphatic heterocycles. The van der Waals surface area contributed by atoms with Gasteiger partial charge in [-0.3, -0.25) is 0 Å². The van der Waals surface area contributed by atoms with Crippen molar-refractivity contribution in [3.8, 4) is 0 Å². The Hall–Kier alpha value is -1.34. The first-order valence-electron chi connectivity index (χ1n) is 7.16. The number of carbonyl (C=O) groups excluding carboxylic acids is 1. The summed E-state index contributed by atoms with van der Waals surface area (Å²) in [6, 6.07) is 0.214. The van der Waals surface area contributed by atoms with E-state index in [-0.39, 0.29) is 12.1 Å². The van der Waals surface area contributed by atoms with Crippen molar-refractivity contribution in [2.24, 2.45) is 0 Å². The molecule has 1 aromatic rings. The predicted octanol–water partition coefficient (Wildman–Crippen LogP) is 2.09. The fourth-order valence-electron chi connectivity index (χ4n) is 2.35. The van der Waals surface area contributed by atoms with E-state index < -0.39 is 5.97 Å². The molecule has 2 rings (SSSR count). The van der Waals surface area contributed by atoms with E-state index in [9.17, 15) is 9.90 Å². The number of hydrogen-bond acceptors (Lipinski definition) is 7. The zero-order chi connectivity index (χ0) is 15.2. The lowest BCUT2D eigenvalue weighted by Crippen LogP contribution is -2.29. The summed E-state index contributed by atoms with van der Waals surface area (Å²) in [5.74, 6) is 0.109. The number of ether oxygens (including phenoxy) is 1. The summed E-state index contributed by atoms with van der Waals surface area (Å²) in [6.45, 7) is 2.09. The third-order valence-electron chi connectivity index (χ3n) is 3.48. The first-order chi connectivity index (χ1) is 10.1. The van der Waals surface area contributed by atoms with E-state index in [1.54, 1.807) is 6.92 Å². The molecule has 1 aliphatic carbocycles. The highest BCUT2D eigenvalue weighted by Crippen LogP contribution is 2.24. The van der Waals surface area contributed by atoms with Gasteiger partial charge in [0.25, 0.3) is 0 Å². The van der Waals surface area contributed by atoms with E-state index >= 15 is 0 Å². The van der Waals surface area contributed by atoms with Crippen LogP contribution in [-0.4, -0.2) is 46.1 Å². The minimum Gasteiger partial charge on any atom is -0.462 e. The Bertz CT molecular complexity index is 490. The molecule has 2 N–H and O–H groups in total. The van der Waals surface area contributed by atoms with Gasteiger partial charge in [0.05, 0.1) is 12.7 Å². The van der Waals surface area contributed by atoms with Crippen molar-refractivity contribution in [1.82, 2.24) is 9.97 Å². The minimum absolute atomic E-state index is 0.209. The van der Waals surface area contributed by atoms with Gasteiger partial charge in [-0.1, -0.05) is 11.8 Å². The van der Waals surface area contributed by atoms with Crippen molar-refractivity contribution in [2.45, 2.75) is 49.9 Å². The average Bonchev–Trinajstić information content (AvgIpc) is 2.49. The molecule has 1 aliphatic rings. The Labute approximate surface area is 128 Å². The van der Waals surface area contributed by atoms with E-state index in [4.69, 9.17) is 4.74 Å². The van der Waals surface area contributed by atoms with Crippen LogP contribution in [0.4, 0.5) is 5.82 Å². The topological polar surface area (TPSA) is 84.3 Å². The number of anilines is 1. The molecule has 116 valence electrons.